The Hall–Kier alpha value is -2.24. The average molecular weight is 367 g/mol. The van der Waals surface area contributed by atoms with Gasteiger partial charge in [0.2, 0.25) is 0 Å². The number of para-hydroxylation sites is 1. The number of fused-ring (bicyclic) bond motifs is 1. The molecule has 2 heterocycles. The van der Waals surface area contributed by atoms with E-state index in [0.717, 1.165) is 52.5 Å². The van der Waals surface area contributed by atoms with Crippen LogP contribution in [0.15, 0.2) is 48.5 Å². The monoisotopic (exact) mass is 366 g/mol. The van der Waals surface area contributed by atoms with Crippen molar-refractivity contribution in [2.24, 2.45) is 0 Å². The largest absolute Gasteiger partial charge is 0.332 e. The van der Waals surface area contributed by atoms with Gasteiger partial charge in [-0.3, -0.25) is 4.79 Å². The van der Waals surface area contributed by atoms with Crippen molar-refractivity contribution in [3.63, 3.8) is 0 Å². The van der Waals surface area contributed by atoms with E-state index in [2.05, 4.69) is 13.0 Å². The van der Waals surface area contributed by atoms with E-state index in [9.17, 15) is 4.79 Å². The van der Waals surface area contributed by atoms with Gasteiger partial charge in [-0.25, -0.2) is 4.98 Å². The minimum atomic E-state index is 0.135. The van der Waals surface area contributed by atoms with Gasteiger partial charge in [0.05, 0.1) is 42.9 Å². The fourth-order valence-corrected chi connectivity index (χ4v) is 4.65. The molecule has 1 saturated heterocycles. The van der Waals surface area contributed by atoms with Crippen LogP contribution in [0.3, 0.4) is 0 Å². The molecule has 2 aromatic carbocycles. The van der Waals surface area contributed by atoms with Gasteiger partial charge in [0.1, 0.15) is 5.01 Å². The Labute approximate surface area is 158 Å². The van der Waals surface area contributed by atoms with E-state index < -0.39 is 0 Å². The Morgan fingerprint density at radius 2 is 1.85 bits per heavy atom. The predicted octanol–water partition coefficient (Wildman–Crippen LogP) is 2.71. The molecule has 1 N–H and O–H groups in total. The number of nitrogens with one attached hydrogen (secondary N) is 1. The second kappa shape index (κ2) is 7.56. The fourth-order valence-electron chi connectivity index (χ4n) is 3.64. The van der Waals surface area contributed by atoms with Crippen LogP contribution in [0.5, 0.6) is 0 Å². The molecule has 1 aliphatic heterocycles. The van der Waals surface area contributed by atoms with Crippen molar-refractivity contribution in [3.8, 4) is 10.6 Å². The first kappa shape index (κ1) is 17.2. The summed E-state index contributed by atoms with van der Waals surface area (Å²) in [6.07, 6.45) is 1.20. The molecule has 0 aliphatic carbocycles. The summed E-state index contributed by atoms with van der Waals surface area (Å²) in [4.78, 5) is 21.5. The smallest absolute Gasteiger partial charge is 0.254 e. The molecule has 1 aromatic heterocycles. The summed E-state index contributed by atoms with van der Waals surface area (Å²) in [6.45, 7) is 7.18. The van der Waals surface area contributed by atoms with Crippen molar-refractivity contribution < 1.29 is 9.69 Å². The maximum atomic E-state index is 13.2. The first-order valence-corrected chi connectivity index (χ1v) is 10.2. The van der Waals surface area contributed by atoms with Gasteiger partial charge in [0.15, 0.2) is 0 Å². The van der Waals surface area contributed by atoms with Crippen LogP contribution >= 0.6 is 11.3 Å². The van der Waals surface area contributed by atoms with Crippen LogP contribution in [-0.4, -0.2) is 48.5 Å². The van der Waals surface area contributed by atoms with E-state index in [4.69, 9.17) is 4.98 Å². The Balaban J connectivity index is 1.60. The Morgan fingerprint density at radius 1 is 1.12 bits per heavy atom. The average Bonchev–Trinajstić information content (AvgIpc) is 3.12. The molecule has 4 nitrogen and oxygen atoms in total. The highest BCUT2D eigenvalue weighted by Gasteiger charge is 2.26. The van der Waals surface area contributed by atoms with Crippen LogP contribution < -0.4 is 4.90 Å². The summed E-state index contributed by atoms with van der Waals surface area (Å²) in [5, 5.41) is 0.922. The highest BCUT2D eigenvalue weighted by molar-refractivity contribution is 7.21. The highest BCUT2D eigenvalue weighted by atomic mass is 32.1. The maximum absolute atomic E-state index is 13.2. The third-order valence-corrected chi connectivity index (χ3v) is 6.11. The number of amides is 1. The van der Waals surface area contributed by atoms with Gasteiger partial charge < -0.3 is 9.80 Å². The van der Waals surface area contributed by atoms with Gasteiger partial charge in [-0.1, -0.05) is 37.3 Å². The van der Waals surface area contributed by atoms with Crippen LogP contribution in [0.1, 0.15) is 23.7 Å². The van der Waals surface area contributed by atoms with Crippen molar-refractivity contribution >= 4 is 27.5 Å². The molecule has 0 bridgehead atoms. The number of quaternary nitrogens is 1. The SMILES string of the molecule is CCC[NH+]1CCN(C(=O)c2ccccc2-c2nc3ccccc3s2)CC1. The molecule has 26 heavy (non-hydrogen) atoms. The first-order chi connectivity index (χ1) is 12.8. The molecular weight excluding hydrogens is 342 g/mol. The number of hydrogen-bond acceptors (Lipinski definition) is 3. The zero-order chi connectivity index (χ0) is 17.9. The van der Waals surface area contributed by atoms with E-state index in [0.29, 0.717) is 0 Å². The Morgan fingerprint density at radius 3 is 2.62 bits per heavy atom. The highest BCUT2D eigenvalue weighted by Crippen LogP contribution is 2.32. The molecule has 0 saturated carbocycles. The lowest BCUT2D eigenvalue weighted by atomic mass is 10.1. The summed E-state index contributed by atoms with van der Waals surface area (Å²) in [7, 11) is 0. The summed E-state index contributed by atoms with van der Waals surface area (Å²) in [5.74, 6) is 0.135. The maximum Gasteiger partial charge on any atom is 0.254 e. The number of carbonyl (C=O) groups excluding carboxylic acids is 1. The molecule has 134 valence electrons. The van der Waals surface area contributed by atoms with Crippen LogP contribution in [0.4, 0.5) is 0 Å². The van der Waals surface area contributed by atoms with Crippen molar-refractivity contribution in [3.05, 3.63) is 54.1 Å². The first-order valence-electron chi connectivity index (χ1n) is 9.34. The third-order valence-electron chi connectivity index (χ3n) is 5.04. The normalized spacial score (nSPS) is 15.5. The van der Waals surface area contributed by atoms with Crippen LogP contribution in [0, 0.1) is 0 Å². The van der Waals surface area contributed by atoms with Crippen LogP contribution in [-0.2, 0) is 0 Å². The standard InChI is InChI=1S/C21H23N3OS/c1-2-11-23-12-14-24(15-13-23)21(25)17-8-4-3-7-16(17)20-22-18-9-5-6-10-19(18)26-20/h3-10H,2,11-15H2,1H3/p+1. The van der Waals surface area contributed by atoms with Crippen molar-refractivity contribution in [1.29, 1.82) is 0 Å². The van der Waals surface area contributed by atoms with E-state index in [-0.39, 0.29) is 5.91 Å². The number of benzene rings is 2. The van der Waals surface area contributed by atoms with Gasteiger partial charge in [0, 0.05) is 11.1 Å². The lowest BCUT2D eigenvalue weighted by Crippen LogP contribution is -3.14. The molecule has 0 spiro atoms. The Bertz CT molecular complexity index is 879. The molecule has 1 fully saturated rings. The molecule has 3 aromatic rings. The molecule has 0 atom stereocenters. The number of nitrogens with zero attached hydrogens (tertiary/aromatic N) is 2. The minimum absolute atomic E-state index is 0.135. The minimum Gasteiger partial charge on any atom is -0.332 e. The number of carbonyl (C=O) groups is 1. The number of piperazine rings is 1. The molecule has 4 rings (SSSR count). The summed E-state index contributed by atoms with van der Waals surface area (Å²) in [6, 6.07) is 16.0. The van der Waals surface area contributed by atoms with E-state index in [1.807, 2.05) is 47.4 Å². The second-order valence-electron chi connectivity index (χ2n) is 6.82. The summed E-state index contributed by atoms with van der Waals surface area (Å²) in [5.41, 5.74) is 2.71. The number of thiazole rings is 1. The van der Waals surface area contributed by atoms with Gasteiger partial charge in [-0.2, -0.15) is 0 Å². The molecule has 0 unspecified atom stereocenters. The lowest BCUT2D eigenvalue weighted by molar-refractivity contribution is -0.904. The van der Waals surface area contributed by atoms with Crippen molar-refractivity contribution in [2.75, 3.05) is 32.7 Å². The zero-order valence-corrected chi connectivity index (χ0v) is 15.9. The van der Waals surface area contributed by atoms with E-state index in [1.54, 1.807) is 16.2 Å². The van der Waals surface area contributed by atoms with Crippen LogP contribution in [0.25, 0.3) is 20.8 Å². The lowest BCUT2D eigenvalue weighted by Gasteiger charge is -2.32. The van der Waals surface area contributed by atoms with Gasteiger partial charge in [0.25, 0.3) is 5.91 Å². The van der Waals surface area contributed by atoms with Crippen LogP contribution in [0.2, 0.25) is 0 Å². The van der Waals surface area contributed by atoms with Gasteiger partial charge in [-0.05, 0) is 24.6 Å². The van der Waals surface area contributed by atoms with E-state index >= 15 is 0 Å². The molecule has 1 amide bonds. The zero-order valence-electron chi connectivity index (χ0n) is 15.1. The van der Waals surface area contributed by atoms with Gasteiger partial charge in [-0.15, -0.1) is 11.3 Å². The predicted molar refractivity (Wildman–Crippen MR) is 107 cm³/mol. The topological polar surface area (TPSA) is 37.6 Å². The molecule has 1 aliphatic rings. The van der Waals surface area contributed by atoms with E-state index in [1.165, 1.54) is 13.0 Å². The molecule has 0 radical (unpaired) electrons. The number of hydrogen-bond donors (Lipinski definition) is 1. The third kappa shape index (κ3) is 3.37. The molecule has 5 heteroatoms. The molecular formula is C21H24N3OS+. The summed E-state index contributed by atoms with van der Waals surface area (Å²) < 4.78 is 1.15. The Kier molecular flexibility index (Phi) is 5.00. The number of aromatic nitrogens is 1. The van der Waals surface area contributed by atoms with Crippen molar-refractivity contribution in [1.82, 2.24) is 9.88 Å². The fraction of sp³-hybridized carbons (Fsp3) is 0.333. The van der Waals surface area contributed by atoms with Crippen molar-refractivity contribution in [2.45, 2.75) is 13.3 Å². The summed E-state index contributed by atoms with van der Waals surface area (Å²) >= 11 is 1.65. The van der Waals surface area contributed by atoms with Gasteiger partial charge >= 0.3 is 0 Å². The number of rotatable bonds is 4. The second-order valence-corrected chi connectivity index (χ2v) is 7.86. The quantitative estimate of drug-likeness (QED) is 0.771.